The third kappa shape index (κ3) is 3.35. The molecule has 0 saturated carbocycles. The summed E-state index contributed by atoms with van der Waals surface area (Å²) in [7, 11) is 0. The highest BCUT2D eigenvalue weighted by Crippen LogP contribution is 2.24. The molecule has 6 heteroatoms. The van der Waals surface area contributed by atoms with E-state index in [1.807, 2.05) is 61.7 Å². The number of pyridine rings is 4. The zero-order chi connectivity index (χ0) is 19.5. The van der Waals surface area contributed by atoms with E-state index in [1.54, 1.807) is 12.4 Å². The van der Waals surface area contributed by atoms with Gasteiger partial charge >= 0.3 is 0 Å². The number of nitrogens with two attached hydrogens (primary N) is 1. The fraction of sp³-hybridized carbons (Fsp3) is 0.0455. The van der Waals surface area contributed by atoms with E-state index in [1.165, 1.54) is 6.21 Å². The van der Waals surface area contributed by atoms with Crippen LogP contribution in [0, 0.1) is 12.3 Å². The fourth-order valence-corrected chi connectivity index (χ4v) is 2.98. The van der Waals surface area contributed by atoms with E-state index >= 15 is 0 Å². The molecule has 0 radical (unpaired) electrons. The molecular formula is C22H18N6. The summed E-state index contributed by atoms with van der Waals surface area (Å²) in [5.41, 5.74) is 12.8. The van der Waals surface area contributed by atoms with Gasteiger partial charge in [0, 0.05) is 41.6 Å². The molecule has 3 N–H and O–H groups in total. The van der Waals surface area contributed by atoms with Gasteiger partial charge in [-0.15, -0.1) is 0 Å². The Morgan fingerprint density at radius 2 is 1.75 bits per heavy atom. The lowest BCUT2D eigenvalue weighted by atomic mass is 10.1. The van der Waals surface area contributed by atoms with Crippen molar-refractivity contribution >= 4 is 28.5 Å². The van der Waals surface area contributed by atoms with E-state index in [4.69, 9.17) is 16.1 Å². The zero-order valence-electron chi connectivity index (χ0n) is 15.3. The van der Waals surface area contributed by atoms with Crippen LogP contribution in [0.2, 0.25) is 0 Å². The van der Waals surface area contributed by atoms with Crippen LogP contribution >= 0.6 is 0 Å². The summed E-state index contributed by atoms with van der Waals surface area (Å²) in [6, 6.07) is 15.2. The van der Waals surface area contributed by atoms with Crippen molar-refractivity contribution in [3.05, 3.63) is 84.2 Å². The zero-order valence-corrected chi connectivity index (χ0v) is 15.3. The van der Waals surface area contributed by atoms with Crippen molar-refractivity contribution in [1.82, 2.24) is 19.9 Å². The van der Waals surface area contributed by atoms with Gasteiger partial charge in [-0.3, -0.25) is 15.0 Å². The average molecular weight is 366 g/mol. The molecule has 4 rings (SSSR count). The number of hydrogen-bond acceptors (Lipinski definition) is 6. The van der Waals surface area contributed by atoms with E-state index in [2.05, 4.69) is 15.0 Å². The summed E-state index contributed by atoms with van der Waals surface area (Å²) in [6.45, 7) is 1.90. The Bertz CT molecular complexity index is 1200. The Morgan fingerprint density at radius 1 is 0.929 bits per heavy atom. The van der Waals surface area contributed by atoms with Gasteiger partial charge in [0.15, 0.2) is 0 Å². The number of fused-ring (bicyclic) bond motifs is 1. The van der Waals surface area contributed by atoms with Crippen molar-refractivity contribution in [2.24, 2.45) is 5.73 Å². The van der Waals surface area contributed by atoms with Crippen molar-refractivity contribution in [3.8, 4) is 11.1 Å². The van der Waals surface area contributed by atoms with Crippen LogP contribution in [-0.4, -0.2) is 26.2 Å². The molecule has 0 aliphatic rings. The van der Waals surface area contributed by atoms with Crippen LogP contribution in [0.3, 0.4) is 0 Å². The first-order valence-corrected chi connectivity index (χ1v) is 8.77. The van der Waals surface area contributed by atoms with Gasteiger partial charge in [0.2, 0.25) is 0 Å². The summed E-state index contributed by atoms with van der Waals surface area (Å²) in [5, 5.41) is 7.86. The van der Waals surface area contributed by atoms with Crippen LogP contribution in [0.25, 0.3) is 33.4 Å². The molecule has 0 aliphatic carbocycles. The Kier molecular flexibility index (Phi) is 4.60. The van der Waals surface area contributed by atoms with Gasteiger partial charge < -0.3 is 11.1 Å². The highest BCUT2D eigenvalue weighted by atomic mass is 14.8. The first kappa shape index (κ1) is 17.5. The Balaban J connectivity index is 1.83. The smallest absolute Gasteiger partial charge is 0.0900 e. The molecule has 0 unspecified atom stereocenters. The molecule has 0 spiro atoms. The maximum absolute atomic E-state index is 7.86. The van der Waals surface area contributed by atoms with Crippen molar-refractivity contribution in [3.63, 3.8) is 0 Å². The van der Waals surface area contributed by atoms with E-state index < -0.39 is 0 Å². The van der Waals surface area contributed by atoms with Gasteiger partial charge in [0.25, 0.3) is 0 Å². The lowest BCUT2D eigenvalue weighted by Gasteiger charge is -2.09. The van der Waals surface area contributed by atoms with Crippen molar-refractivity contribution in [1.29, 1.82) is 5.41 Å². The molecule has 4 aromatic rings. The molecule has 0 atom stereocenters. The normalized spacial score (nSPS) is 11.9. The molecule has 4 aromatic heterocycles. The van der Waals surface area contributed by atoms with Gasteiger partial charge in [-0.1, -0.05) is 6.07 Å². The minimum absolute atomic E-state index is 0.420. The van der Waals surface area contributed by atoms with Crippen molar-refractivity contribution in [2.75, 3.05) is 0 Å². The van der Waals surface area contributed by atoms with E-state index in [0.29, 0.717) is 22.7 Å². The predicted molar refractivity (Wildman–Crippen MR) is 112 cm³/mol. The highest BCUT2D eigenvalue weighted by molar-refractivity contribution is 6.17. The molecule has 0 fully saturated rings. The van der Waals surface area contributed by atoms with E-state index in [-0.39, 0.29) is 0 Å². The van der Waals surface area contributed by atoms with E-state index in [9.17, 15) is 0 Å². The Hall–Kier alpha value is -3.93. The van der Waals surface area contributed by atoms with Gasteiger partial charge in [-0.05, 0) is 55.0 Å². The molecule has 0 saturated heterocycles. The average Bonchev–Trinajstić information content (AvgIpc) is 2.74. The van der Waals surface area contributed by atoms with Crippen LogP contribution in [0.15, 0.2) is 67.1 Å². The Labute approximate surface area is 162 Å². The second-order valence-corrected chi connectivity index (χ2v) is 6.33. The van der Waals surface area contributed by atoms with Gasteiger partial charge in [0.1, 0.15) is 0 Å². The third-order valence-corrected chi connectivity index (χ3v) is 4.43. The second kappa shape index (κ2) is 7.36. The topological polar surface area (TPSA) is 101 Å². The minimum atomic E-state index is 0.420. The standard InChI is InChI=1S/C22H18N6/c1-14-3-2-4-20(27-14)22(24)17(12-23)18-5-6-19-21(28-18)11-16(13-26-19)15-7-9-25-10-8-15/h2-13,23H,24H2,1H3/b22-17+,23-12?. The van der Waals surface area contributed by atoms with Gasteiger partial charge in [-0.25, -0.2) is 4.98 Å². The number of aryl methyl sites for hydroxylation is 1. The molecule has 6 nitrogen and oxygen atoms in total. The predicted octanol–water partition coefficient (Wildman–Crippen LogP) is 3.87. The number of allylic oxidation sites excluding steroid dienone is 1. The molecule has 0 bridgehead atoms. The van der Waals surface area contributed by atoms with Crippen LogP contribution in [0.1, 0.15) is 17.1 Å². The maximum atomic E-state index is 7.86. The fourth-order valence-electron chi connectivity index (χ4n) is 2.98. The van der Waals surface area contributed by atoms with Crippen LogP contribution in [0.5, 0.6) is 0 Å². The third-order valence-electron chi connectivity index (χ3n) is 4.43. The lowest BCUT2D eigenvalue weighted by Crippen LogP contribution is -2.06. The highest BCUT2D eigenvalue weighted by Gasteiger charge is 2.11. The number of aromatic nitrogens is 4. The molecule has 0 aromatic carbocycles. The van der Waals surface area contributed by atoms with Crippen molar-refractivity contribution < 1.29 is 0 Å². The number of nitrogens with one attached hydrogen (secondary N) is 1. The minimum Gasteiger partial charge on any atom is -0.396 e. The van der Waals surface area contributed by atoms with Crippen LogP contribution in [-0.2, 0) is 0 Å². The Morgan fingerprint density at radius 3 is 2.50 bits per heavy atom. The molecule has 28 heavy (non-hydrogen) atoms. The second-order valence-electron chi connectivity index (χ2n) is 6.33. The number of hydrogen-bond donors (Lipinski definition) is 2. The number of rotatable bonds is 4. The van der Waals surface area contributed by atoms with Crippen LogP contribution < -0.4 is 5.73 Å². The van der Waals surface area contributed by atoms with E-state index in [0.717, 1.165) is 27.9 Å². The van der Waals surface area contributed by atoms with Crippen molar-refractivity contribution in [2.45, 2.75) is 6.92 Å². The summed E-state index contributed by atoms with van der Waals surface area (Å²) < 4.78 is 0. The largest absolute Gasteiger partial charge is 0.396 e. The summed E-state index contributed by atoms with van der Waals surface area (Å²) in [4.78, 5) is 17.7. The monoisotopic (exact) mass is 366 g/mol. The van der Waals surface area contributed by atoms with Gasteiger partial charge in [0.05, 0.1) is 28.1 Å². The summed E-state index contributed by atoms with van der Waals surface area (Å²) in [5.74, 6) is 0. The molecule has 136 valence electrons. The van der Waals surface area contributed by atoms with Gasteiger partial charge in [-0.2, -0.15) is 0 Å². The van der Waals surface area contributed by atoms with Crippen LogP contribution in [0.4, 0.5) is 0 Å². The quantitative estimate of drug-likeness (QED) is 0.534. The summed E-state index contributed by atoms with van der Waals surface area (Å²) in [6.07, 6.45) is 6.52. The SMILES string of the molecule is Cc1cccc(/C(N)=C(/C=N)c2ccc3ncc(-c4ccncc4)cc3n2)n1. The maximum Gasteiger partial charge on any atom is 0.0900 e. The first-order chi connectivity index (χ1) is 13.7. The molecular weight excluding hydrogens is 348 g/mol. The molecule has 0 amide bonds. The number of nitrogens with zero attached hydrogens (tertiary/aromatic N) is 4. The first-order valence-electron chi connectivity index (χ1n) is 8.77. The molecule has 0 aliphatic heterocycles. The summed E-state index contributed by atoms with van der Waals surface area (Å²) >= 11 is 0. The molecule has 4 heterocycles. The lowest BCUT2D eigenvalue weighted by molar-refractivity contribution is 1.16.